The molecule has 0 aliphatic carbocycles. The minimum absolute atomic E-state index is 0.378. The van der Waals surface area contributed by atoms with Gasteiger partial charge in [0.25, 0.3) is 0 Å². The molecular formula is C16H13Cl3N6S. The molecule has 0 radical (unpaired) electrons. The van der Waals surface area contributed by atoms with Crippen molar-refractivity contribution in [3.8, 4) is 0 Å². The van der Waals surface area contributed by atoms with E-state index in [0.717, 1.165) is 6.54 Å². The third kappa shape index (κ3) is 4.42. The Morgan fingerprint density at radius 1 is 1.08 bits per heavy atom. The van der Waals surface area contributed by atoms with Crippen LogP contribution in [0.25, 0.3) is 11.2 Å². The molecule has 0 saturated heterocycles. The summed E-state index contributed by atoms with van der Waals surface area (Å²) >= 11 is 23.5. The molecule has 0 spiro atoms. The number of hydrogen-bond acceptors (Lipinski definition) is 5. The van der Waals surface area contributed by atoms with Crippen molar-refractivity contribution in [3.05, 3.63) is 45.5 Å². The largest absolute Gasteiger partial charge is 0.363 e. The number of aromatic nitrogens is 3. The van der Waals surface area contributed by atoms with E-state index in [9.17, 15) is 0 Å². The third-order valence-electron chi connectivity index (χ3n) is 3.25. The Labute approximate surface area is 170 Å². The third-order valence-corrected chi connectivity index (χ3v) is 4.31. The molecule has 3 N–H and O–H groups in total. The average Bonchev–Trinajstić information content (AvgIpc) is 2.58. The zero-order chi connectivity index (χ0) is 18.7. The molecule has 0 fully saturated rings. The standard InChI is InChI=1S/C16H13Cl3N6S/c1-2-20-16(26)25-12-4-3-11-15(23-12)24-13(7-21-11)22-14-9(18)5-8(17)6-10(14)19/h3-7H,2H2,1H3,(H3,20,22,23,24,25,26). The highest BCUT2D eigenvalue weighted by atomic mass is 35.5. The first-order valence-electron chi connectivity index (χ1n) is 7.56. The molecule has 134 valence electrons. The van der Waals surface area contributed by atoms with E-state index in [4.69, 9.17) is 47.0 Å². The van der Waals surface area contributed by atoms with Crippen LogP contribution < -0.4 is 16.0 Å². The topological polar surface area (TPSA) is 74.8 Å². The number of hydrogen-bond donors (Lipinski definition) is 3. The molecule has 2 aromatic heterocycles. The lowest BCUT2D eigenvalue weighted by Crippen LogP contribution is -2.28. The Morgan fingerprint density at radius 3 is 2.46 bits per heavy atom. The van der Waals surface area contributed by atoms with Crippen molar-refractivity contribution in [1.29, 1.82) is 0 Å². The lowest BCUT2D eigenvalue weighted by molar-refractivity contribution is 0.978. The van der Waals surface area contributed by atoms with Crippen LogP contribution in [0, 0.1) is 0 Å². The molecule has 3 aromatic rings. The molecule has 10 heteroatoms. The maximum Gasteiger partial charge on any atom is 0.182 e. The molecule has 6 nitrogen and oxygen atoms in total. The van der Waals surface area contributed by atoms with Crippen molar-refractivity contribution in [3.63, 3.8) is 0 Å². The quantitative estimate of drug-likeness (QED) is 0.504. The number of rotatable bonds is 4. The smallest absolute Gasteiger partial charge is 0.182 e. The Kier molecular flexibility index (Phi) is 5.93. The summed E-state index contributed by atoms with van der Waals surface area (Å²) in [6.45, 7) is 2.67. The second kappa shape index (κ2) is 8.18. The summed E-state index contributed by atoms with van der Waals surface area (Å²) in [4.78, 5) is 13.2. The van der Waals surface area contributed by atoms with E-state index in [0.29, 0.717) is 48.7 Å². The van der Waals surface area contributed by atoms with Crippen LogP contribution in [0.2, 0.25) is 15.1 Å². The summed E-state index contributed by atoms with van der Waals surface area (Å²) in [6.07, 6.45) is 1.57. The van der Waals surface area contributed by atoms with Crippen molar-refractivity contribution < 1.29 is 0 Å². The fourth-order valence-corrected chi connectivity index (χ4v) is 3.30. The van der Waals surface area contributed by atoms with Gasteiger partial charge in [-0.05, 0) is 43.4 Å². The van der Waals surface area contributed by atoms with E-state index in [1.165, 1.54) is 0 Å². The number of nitrogens with one attached hydrogen (secondary N) is 3. The summed E-state index contributed by atoms with van der Waals surface area (Å²) in [5.74, 6) is 1.01. The van der Waals surface area contributed by atoms with Crippen LogP contribution in [-0.4, -0.2) is 26.6 Å². The molecule has 26 heavy (non-hydrogen) atoms. The van der Waals surface area contributed by atoms with Gasteiger partial charge in [0, 0.05) is 11.6 Å². The first-order chi connectivity index (χ1) is 12.5. The fraction of sp³-hybridized carbons (Fsp3) is 0.125. The Balaban J connectivity index is 1.89. The summed E-state index contributed by atoms with van der Waals surface area (Å²) < 4.78 is 0. The maximum absolute atomic E-state index is 6.19. The van der Waals surface area contributed by atoms with Gasteiger partial charge in [0.2, 0.25) is 0 Å². The molecule has 0 unspecified atom stereocenters. The number of fused-ring (bicyclic) bond motifs is 1. The zero-order valence-corrected chi connectivity index (χ0v) is 16.6. The number of anilines is 3. The highest BCUT2D eigenvalue weighted by Gasteiger charge is 2.10. The molecule has 0 bridgehead atoms. The number of pyridine rings is 1. The first-order valence-corrected chi connectivity index (χ1v) is 9.10. The summed E-state index contributed by atoms with van der Waals surface area (Å²) in [6, 6.07) is 6.76. The molecule has 3 rings (SSSR count). The summed E-state index contributed by atoms with van der Waals surface area (Å²) in [5.41, 5.74) is 1.58. The van der Waals surface area contributed by atoms with Crippen molar-refractivity contribution in [2.75, 3.05) is 17.2 Å². The van der Waals surface area contributed by atoms with Crippen LogP contribution >= 0.6 is 47.0 Å². The summed E-state index contributed by atoms with van der Waals surface area (Å²) in [5, 5.41) is 10.7. The van der Waals surface area contributed by atoms with E-state index >= 15 is 0 Å². The van der Waals surface area contributed by atoms with Gasteiger partial charge in [-0.25, -0.2) is 15.0 Å². The van der Waals surface area contributed by atoms with Gasteiger partial charge in [0.15, 0.2) is 16.6 Å². The number of benzene rings is 1. The molecule has 2 heterocycles. The minimum atomic E-state index is 0.378. The van der Waals surface area contributed by atoms with E-state index in [1.54, 1.807) is 30.5 Å². The molecule has 0 amide bonds. The highest BCUT2D eigenvalue weighted by Crippen LogP contribution is 2.35. The van der Waals surface area contributed by atoms with Gasteiger partial charge < -0.3 is 16.0 Å². The van der Waals surface area contributed by atoms with Gasteiger partial charge in [-0.2, -0.15) is 0 Å². The van der Waals surface area contributed by atoms with Crippen LogP contribution in [0.3, 0.4) is 0 Å². The van der Waals surface area contributed by atoms with Gasteiger partial charge >= 0.3 is 0 Å². The van der Waals surface area contributed by atoms with Crippen molar-refractivity contribution >= 4 is 80.6 Å². The zero-order valence-electron chi connectivity index (χ0n) is 13.5. The SMILES string of the molecule is CCNC(=S)Nc1ccc2ncc(Nc3c(Cl)cc(Cl)cc3Cl)nc2n1. The number of halogens is 3. The van der Waals surface area contributed by atoms with Gasteiger partial charge in [-0.1, -0.05) is 34.8 Å². The highest BCUT2D eigenvalue weighted by molar-refractivity contribution is 7.80. The predicted octanol–water partition coefficient (Wildman–Crippen LogP) is 5.03. The molecule has 0 atom stereocenters. The van der Waals surface area contributed by atoms with Crippen LogP contribution in [0.4, 0.5) is 17.3 Å². The van der Waals surface area contributed by atoms with Gasteiger partial charge in [-0.15, -0.1) is 0 Å². The van der Waals surface area contributed by atoms with Crippen molar-refractivity contribution in [1.82, 2.24) is 20.3 Å². The van der Waals surface area contributed by atoms with Crippen LogP contribution in [0.1, 0.15) is 6.92 Å². The van der Waals surface area contributed by atoms with E-state index in [1.807, 2.05) is 6.92 Å². The summed E-state index contributed by atoms with van der Waals surface area (Å²) in [7, 11) is 0. The van der Waals surface area contributed by atoms with Gasteiger partial charge in [-0.3, -0.25) is 0 Å². The average molecular weight is 428 g/mol. The Morgan fingerprint density at radius 2 is 1.77 bits per heavy atom. The molecule has 0 saturated carbocycles. The first kappa shape index (κ1) is 18.8. The van der Waals surface area contributed by atoms with Gasteiger partial charge in [0.1, 0.15) is 11.3 Å². The normalized spacial score (nSPS) is 10.6. The van der Waals surface area contributed by atoms with E-state index in [-0.39, 0.29) is 0 Å². The second-order valence-corrected chi connectivity index (χ2v) is 6.81. The molecule has 0 aliphatic heterocycles. The monoisotopic (exact) mass is 426 g/mol. The van der Waals surface area contributed by atoms with E-state index in [2.05, 4.69) is 30.9 Å². The minimum Gasteiger partial charge on any atom is -0.363 e. The Bertz CT molecular complexity index is 958. The number of nitrogens with zero attached hydrogens (tertiary/aromatic N) is 3. The van der Waals surface area contributed by atoms with Crippen LogP contribution in [0.15, 0.2) is 30.5 Å². The molecule has 1 aromatic carbocycles. The van der Waals surface area contributed by atoms with Gasteiger partial charge in [0.05, 0.1) is 21.9 Å². The molecule has 0 aliphatic rings. The maximum atomic E-state index is 6.19. The predicted molar refractivity (Wildman–Crippen MR) is 112 cm³/mol. The Hall–Kier alpha value is -1.93. The van der Waals surface area contributed by atoms with Crippen LogP contribution in [-0.2, 0) is 0 Å². The number of thiocarbonyl (C=S) groups is 1. The van der Waals surface area contributed by atoms with E-state index < -0.39 is 0 Å². The molecular weight excluding hydrogens is 415 g/mol. The fourth-order valence-electron chi connectivity index (χ4n) is 2.14. The second-order valence-electron chi connectivity index (χ2n) is 5.15. The van der Waals surface area contributed by atoms with Crippen LogP contribution in [0.5, 0.6) is 0 Å². The van der Waals surface area contributed by atoms with Crippen molar-refractivity contribution in [2.45, 2.75) is 6.92 Å². The lowest BCUT2D eigenvalue weighted by Gasteiger charge is -2.11. The lowest BCUT2D eigenvalue weighted by atomic mass is 10.3. The van der Waals surface area contributed by atoms with Crippen molar-refractivity contribution in [2.24, 2.45) is 0 Å².